The molecule has 1 saturated carbocycles. The Kier molecular flexibility index (Phi) is 4.18. The van der Waals surface area contributed by atoms with Crippen molar-refractivity contribution in [3.8, 4) is 0 Å². The van der Waals surface area contributed by atoms with Crippen LogP contribution >= 0.6 is 0 Å². The second-order valence-corrected chi connectivity index (χ2v) is 5.92. The second kappa shape index (κ2) is 6.24. The van der Waals surface area contributed by atoms with E-state index in [4.69, 9.17) is 0 Å². The highest BCUT2D eigenvalue weighted by molar-refractivity contribution is 5.92. The van der Waals surface area contributed by atoms with Gasteiger partial charge in [-0.2, -0.15) is 0 Å². The predicted molar refractivity (Wildman–Crippen MR) is 78.6 cm³/mol. The van der Waals surface area contributed by atoms with Gasteiger partial charge in [0.25, 0.3) is 5.91 Å². The van der Waals surface area contributed by atoms with Crippen LogP contribution in [0.15, 0.2) is 24.4 Å². The van der Waals surface area contributed by atoms with E-state index >= 15 is 0 Å². The molecule has 112 valence electrons. The molecular weight excluding hydrogens is 266 g/mol. The van der Waals surface area contributed by atoms with Gasteiger partial charge in [0.15, 0.2) is 0 Å². The average Bonchev–Trinajstić information content (AvgIpc) is 2.46. The average molecular weight is 287 g/mol. The Morgan fingerprint density at radius 1 is 1.14 bits per heavy atom. The Labute approximate surface area is 124 Å². The summed E-state index contributed by atoms with van der Waals surface area (Å²) in [7, 11) is 0. The highest BCUT2D eigenvalue weighted by Gasteiger charge is 2.29. The van der Waals surface area contributed by atoms with Crippen LogP contribution in [0.3, 0.4) is 0 Å². The van der Waals surface area contributed by atoms with Crippen LogP contribution in [0.2, 0.25) is 0 Å². The lowest BCUT2D eigenvalue weighted by Gasteiger charge is -2.34. The van der Waals surface area contributed by atoms with Crippen molar-refractivity contribution < 1.29 is 9.59 Å². The molecule has 0 atom stereocenters. The van der Waals surface area contributed by atoms with Gasteiger partial charge in [0.2, 0.25) is 5.91 Å². The van der Waals surface area contributed by atoms with Gasteiger partial charge in [0, 0.05) is 31.2 Å². The fourth-order valence-electron chi connectivity index (χ4n) is 2.87. The molecule has 0 bridgehead atoms. The summed E-state index contributed by atoms with van der Waals surface area (Å²) in [5, 5.41) is 3.13. The number of amides is 2. The summed E-state index contributed by atoms with van der Waals surface area (Å²) >= 11 is 0. The predicted octanol–water partition coefficient (Wildman–Crippen LogP) is 1.60. The topological polar surface area (TPSA) is 62.3 Å². The number of carbonyl (C=O) groups is 2. The van der Waals surface area contributed by atoms with Gasteiger partial charge < -0.3 is 10.2 Å². The Morgan fingerprint density at radius 3 is 2.48 bits per heavy atom. The normalized spacial score (nSPS) is 19.9. The number of likely N-dealkylation sites (tertiary alicyclic amines) is 1. The molecule has 1 N–H and O–H groups in total. The molecule has 0 spiro atoms. The second-order valence-electron chi connectivity index (χ2n) is 5.92. The van der Waals surface area contributed by atoms with Crippen molar-refractivity contribution in [1.29, 1.82) is 0 Å². The number of hydrogen-bond donors (Lipinski definition) is 1. The summed E-state index contributed by atoms with van der Waals surface area (Å²) in [5.74, 6) is 0.424. The standard InChI is InChI=1S/C16H21N3O2/c20-15(12-4-3-5-12)18-13-7-10-19(11-8-13)16(21)14-6-1-2-9-17-14/h1-2,6,9,12-13H,3-5,7-8,10-11H2,(H,18,20). The SMILES string of the molecule is O=C(NC1CCN(C(=O)c2ccccn2)CC1)C1CCC1. The number of rotatable bonds is 3. The zero-order valence-electron chi connectivity index (χ0n) is 12.1. The number of piperidine rings is 1. The quantitative estimate of drug-likeness (QED) is 0.918. The van der Waals surface area contributed by atoms with E-state index in [1.807, 2.05) is 11.0 Å². The van der Waals surface area contributed by atoms with Crippen molar-refractivity contribution in [3.63, 3.8) is 0 Å². The van der Waals surface area contributed by atoms with Crippen LogP contribution in [0, 0.1) is 5.92 Å². The molecule has 2 heterocycles. The van der Waals surface area contributed by atoms with E-state index in [0.29, 0.717) is 18.8 Å². The molecule has 0 radical (unpaired) electrons. The number of pyridine rings is 1. The fourth-order valence-corrected chi connectivity index (χ4v) is 2.87. The minimum atomic E-state index is -0.0145. The first-order chi connectivity index (χ1) is 10.2. The van der Waals surface area contributed by atoms with Crippen LogP contribution < -0.4 is 5.32 Å². The van der Waals surface area contributed by atoms with E-state index in [1.165, 1.54) is 6.42 Å². The Hall–Kier alpha value is -1.91. The van der Waals surface area contributed by atoms with Crippen molar-refractivity contribution in [1.82, 2.24) is 15.2 Å². The first-order valence-corrected chi connectivity index (χ1v) is 7.75. The highest BCUT2D eigenvalue weighted by Crippen LogP contribution is 2.26. The third-order valence-electron chi connectivity index (χ3n) is 4.49. The maximum Gasteiger partial charge on any atom is 0.272 e. The maximum atomic E-state index is 12.3. The smallest absolute Gasteiger partial charge is 0.272 e. The molecule has 0 unspecified atom stereocenters. The van der Waals surface area contributed by atoms with Crippen LogP contribution in [-0.2, 0) is 4.79 Å². The highest BCUT2D eigenvalue weighted by atomic mass is 16.2. The molecule has 1 aliphatic carbocycles. The molecule has 1 aliphatic heterocycles. The van der Waals surface area contributed by atoms with Crippen molar-refractivity contribution in [2.24, 2.45) is 5.92 Å². The molecule has 1 saturated heterocycles. The van der Waals surface area contributed by atoms with Gasteiger partial charge in [-0.3, -0.25) is 14.6 Å². The summed E-state index contributed by atoms with van der Waals surface area (Å²) in [6.45, 7) is 1.37. The molecule has 3 rings (SSSR count). The van der Waals surface area contributed by atoms with Crippen molar-refractivity contribution in [2.75, 3.05) is 13.1 Å². The summed E-state index contributed by atoms with van der Waals surface area (Å²) in [5.41, 5.74) is 0.495. The van der Waals surface area contributed by atoms with Gasteiger partial charge in [0.05, 0.1) is 0 Å². The van der Waals surface area contributed by atoms with Crippen molar-refractivity contribution >= 4 is 11.8 Å². The van der Waals surface area contributed by atoms with Gasteiger partial charge in [-0.25, -0.2) is 0 Å². The summed E-state index contributed by atoms with van der Waals surface area (Å²) in [6.07, 6.45) is 6.54. The third kappa shape index (κ3) is 3.23. The Balaban J connectivity index is 1.48. The number of carbonyl (C=O) groups excluding carboxylic acids is 2. The molecule has 21 heavy (non-hydrogen) atoms. The maximum absolute atomic E-state index is 12.3. The minimum Gasteiger partial charge on any atom is -0.353 e. The molecule has 2 fully saturated rings. The number of nitrogens with zero attached hydrogens (tertiary/aromatic N) is 2. The van der Waals surface area contributed by atoms with Crippen molar-refractivity contribution in [3.05, 3.63) is 30.1 Å². The zero-order chi connectivity index (χ0) is 14.7. The van der Waals surface area contributed by atoms with E-state index in [9.17, 15) is 9.59 Å². The number of hydrogen-bond acceptors (Lipinski definition) is 3. The molecule has 2 amide bonds. The van der Waals surface area contributed by atoms with Gasteiger partial charge in [0.1, 0.15) is 5.69 Å². The van der Waals surface area contributed by atoms with Crippen LogP contribution in [0.4, 0.5) is 0 Å². The van der Waals surface area contributed by atoms with Crippen molar-refractivity contribution in [2.45, 2.75) is 38.1 Å². The minimum absolute atomic E-state index is 0.0145. The van der Waals surface area contributed by atoms with Gasteiger partial charge in [-0.15, -0.1) is 0 Å². The Bertz CT molecular complexity index is 506. The van der Waals surface area contributed by atoms with Gasteiger partial charge >= 0.3 is 0 Å². The monoisotopic (exact) mass is 287 g/mol. The number of nitrogens with one attached hydrogen (secondary N) is 1. The summed E-state index contributed by atoms with van der Waals surface area (Å²) in [4.78, 5) is 30.1. The molecule has 5 heteroatoms. The zero-order valence-corrected chi connectivity index (χ0v) is 12.1. The lowest BCUT2D eigenvalue weighted by molar-refractivity contribution is -0.128. The first-order valence-electron chi connectivity index (χ1n) is 7.75. The van der Waals surface area contributed by atoms with Crippen LogP contribution in [0.1, 0.15) is 42.6 Å². The van der Waals surface area contributed by atoms with E-state index in [0.717, 1.165) is 25.7 Å². The van der Waals surface area contributed by atoms with E-state index in [1.54, 1.807) is 18.3 Å². The first kappa shape index (κ1) is 14.0. The molecule has 1 aromatic heterocycles. The largest absolute Gasteiger partial charge is 0.353 e. The van der Waals surface area contributed by atoms with E-state index in [2.05, 4.69) is 10.3 Å². The molecule has 1 aromatic rings. The van der Waals surface area contributed by atoms with E-state index in [-0.39, 0.29) is 23.8 Å². The van der Waals surface area contributed by atoms with Gasteiger partial charge in [-0.1, -0.05) is 12.5 Å². The Morgan fingerprint density at radius 2 is 1.90 bits per heavy atom. The molecule has 5 nitrogen and oxygen atoms in total. The van der Waals surface area contributed by atoms with Crippen LogP contribution in [0.25, 0.3) is 0 Å². The molecule has 2 aliphatic rings. The summed E-state index contributed by atoms with van der Waals surface area (Å²) < 4.78 is 0. The van der Waals surface area contributed by atoms with Gasteiger partial charge in [-0.05, 0) is 37.8 Å². The summed E-state index contributed by atoms with van der Waals surface area (Å²) in [6, 6.07) is 5.59. The third-order valence-corrected chi connectivity index (χ3v) is 4.49. The fraction of sp³-hybridized carbons (Fsp3) is 0.562. The number of aromatic nitrogens is 1. The molecule has 0 aromatic carbocycles. The lowest BCUT2D eigenvalue weighted by atomic mass is 9.84. The van der Waals surface area contributed by atoms with Crippen LogP contribution in [0.5, 0.6) is 0 Å². The van der Waals surface area contributed by atoms with E-state index < -0.39 is 0 Å². The van der Waals surface area contributed by atoms with Crippen LogP contribution in [-0.4, -0.2) is 40.8 Å². The lowest BCUT2D eigenvalue weighted by Crippen LogP contribution is -2.48. The molecular formula is C16H21N3O2.